The number of anilines is 1. The third-order valence-corrected chi connectivity index (χ3v) is 23.1. The zero-order valence-corrected chi connectivity index (χ0v) is 30.9. The molecule has 2 aromatic rings. The molecule has 0 bridgehead atoms. The van der Waals surface area contributed by atoms with E-state index in [1.54, 1.807) is 6.33 Å². The fourth-order valence-electron chi connectivity index (χ4n) is 3.91. The van der Waals surface area contributed by atoms with E-state index in [1.807, 2.05) is 11.5 Å². The first-order chi connectivity index (χ1) is 17.8. The number of hydrogen-bond acceptors (Lipinski definition) is 8. The number of imidazole rings is 1. The largest absolute Gasteiger partial charge is 0.406 e. The summed E-state index contributed by atoms with van der Waals surface area (Å²) in [7, 11) is -6.79. The molecule has 3 rings (SSSR count). The molecule has 9 nitrogen and oxygen atoms in total. The van der Waals surface area contributed by atoms with E-state index in [-0.39, 0.29) is 15.1 Å². The van der Waals surface area contributed by atoms with Crippen LogP contribution in [0.4, 0.5) is 5.82 Å². The molecule has 0 aromatic carbocycles. The normalized spacial score (nSPS) is 23.8. The maximum atomic E-state index is 7.23. The molecule has 0 saturated carbocycles. The standard InChI is InChI=1S/C28H55N5O4Si3/c1-18-31-22(29)19-23(32-18)33(17-30-19)24-20(35-38(11,12)26(2,3)4)21(36-39(13,14)27(5,6)7)25(34-24)37-40(15,16)28(8,9)10/h17,20-21,24-25H,1-16H3,(H2,29,31,32)/t20-,21+,24?,25+/m1/s1. The van der Waals surface area contributed by atoms with Crippen molar-refractivity contribution in [2.24, 2.45) is 0 Å². The smallest absolute Gasteiger partial charge is 0.195 e. The molecule has 1 unspecified atom stereocenters. The third-order valence-electron chi connectivity index (χ3n) is 9.67. The Morgan fingerprint density at radius 3 is 1.68 bits per heavy atom. The summed E-state index contributed by atoms with van der Waals surface area (Å²) in [5.74, 6) is 0.930. The topological polar surface area (TPSA) is 107 Å². The van der Waals surface area contributed by atoms with Crippen molar-refractivity contribution in [3.05, 3.63) is 12.2 Å². The number of nitrogen functional groups attached to an aromatic ring is 1. The van der Waals surface area contributed by atoms with Crippen LogP contribution in [-0.4, -0.2) is 63.0 Å². The highest BCUT2D eigenvalue weighted by Gasteiger charge is 2.57. The van der Waals surface area contributed by atoms with Gasteiger partial charge < -0.3 is 23.7 Å². The summed E-state index contributed by atoms with van der Waals surface area (Å²) in [5, 5.41) is -0.0293. The number of hydrogen-bond donors (Lipinski definition) is 1. The van der Waals surface area contributed by atoms with E-state index in [1.165, 1.54) is 0 Å². The minimum atomic E-state index is -2.28. The van der Waals surface area contributed by atoms with E-state index in [2.05, 4.69) is 112 Å². The second-order valence-corrected chi connectivity index (χ2v) is 30.2. The van der Waals surface area contributed by atoms with Crippen LogP contribution in [0.15, 0.2) is 6.33 Å². The minimum absolute atomic E-state index is 0.00533. The van der Waals surface area contributed by atoms with Crippen molar-refractivity contribution in [1.29, 1.82) is 0 Å². The molecular weight excluding hydrogens is 555 g/mol. The Kier molecular flexibility index (Phi) is 8.78. The second-order valence-electron chi connectivity index (χ2n) is 15.9. The van der Waals surface area contributed by atoms with Gasteiger partial charge in [-0.05, 0) is 61.3 Å². The molecule has 228 valence electrons. The van der Waals surface area contributed by atoms with Crippen molar-refractivity contribution >= 4 is 41.9 Å². The molecule has 3 heterocycles. The molecule has 2 aromatic heterocycles. The molecular formula is C28H55N5O4Si3. The minimum Gasteiger partial charge on any atom is -0.406 e. The molecule has 1 aliphatic rings. The molecule has 0 amide bonds. The first-order valence-electron chi connectivity index (χ1n) is 14.4. The predicted molar refractivity (Wildman–Crippen MR) is 171 cm³/mol. The number of rotatable bonds is 7. The number of aryl methyl sites for hydroxylation is 1. The summed E-state index contributed by atoms with van der Waals surface area (Å²) in [5.41, 5.74) is 7.42. The summed E-state index contributed by atoms with van der Waals surface area (Å²) in [6.07, 6.45) is -0.282. The lowest BCUT2D eigenvalue weighted by Gasteiger charge is -2.45. The Hall–Kier alpha value is -1.16. The highest BCUT2D eigenvalue weighted by molar-refractivity contribution is 6.75. The lowest BCUT2D eigenvalue weighted by atomic mass is 10.2. The molecule has 4 atom stereocenters. The van der Waals surface area contributed by atoms with Crippen LogP contribution in [0.1, 0.15) is 74.4 Å². The van der Waals surface area contributed by atoms with Gasteiger partial charge in [-0.15, -0.1) is 0 Å². The van der Waals surface area contributed by atoms with Gasteiger partial charge in [-0.1, -0.05) is 62.3 Å². The van der Waals surface area contributed by atoms with Gasteiger partial charge in [0.05, 0.1) is 6.33 Å². The van der Waals surface area contributed by atoms with Crippen molar-refractivity contribution in [2.45, 2.75) is 148 Å². The average Bonchev–Trinajstić information content (AvgIpc) is 3.27. The quantitative estimate of drug-likeness (QED) is 0.324. The summed E-state index contributed by atoms with van der Waals surface area (Å²) in [6.45, 7) is 35.7. The van der Waals surface area contributed by atoms with Gasteiger partial charge in [-0.2, -0.15) is 0 Å². The second kappa shape index (κ2) is 10.5. The number of aromatic nitrogens is 4. The maximum Gasteiger partial charge on any atom is 0.195 e. The van der Waals surface area contributed by atoms with Crippen LogP contribution in [0.2, 0.25) is 54.4 Å². The fourth-order valence-corrected chi connectivity index (χ4v) is 7.60. The van der Waals surface area contributed by atoms with Crippen molar-refractivity contribution in [3.63, 3.8) is 0 Å². The molecule has 40 heavy (non-hydrogen) atoms. The zero-order chi connectivity index (χ0) is 30.9. The Labute approximate surface area is 245 Å². The van der Waals surface area contributed by atoms with Gasteiger partial charge in [-0.3, -0.25) is 4.57 Å². The van der Waals surface area contributed by atoms with E-state index in [4.69, 9.17) is 28.7 Å². The Morgan fingerprint density at radius 1 is 0.750 bits per heavy atom. The predicted octanol–water partition coefficient (Wildman–Crippen LogP) is 7.37. The monoisotopic (exact) mass is 609 g/mol. The molecule has 0 spiro atoms. The van der Waals surface area contributed by atoms with E-state index >= 15 is 0 Å². The first-order valence-corrected chi connectivity index (χ1v) is 23.2. The SMILES string of the molecule is Cc1nc(N)c2ncn(C3O[C@@H](O[Si](C)(C)C(C)(C)C)[C@@H](O[Si](C)(C)C(C)(C)C)[C@H]3O[Si](C)(C)C(C)(C)C)c2n1. The van der Waals surface area contributed by atoms with Gasteiger partial charge in [0.2, 0.25) is 0 Å². The van der Waals surface area contributed by atoms with E-state index in [0.29, 0.717) is 22.8 Å². The molecule has 0 radical (unpaired) electrons. The van der Waals surface area contributed by atoms with E-state index < -0.39 is 49.7 Å². The number of nitrogens with zero attached hydrogens (tertiary/aromatic N) is 4. The summed E-state index contributed by atoms with van der Waals surface area (Å²) < 4.78 is 30.3. The van der Waals surface area contributed by atoms with Crippen LogP contribution in [0.3, 0.4) is 0 Å². The van der Waals surface area contributed by atoms with Crippen LogP contribution in [-0.2, 0) is 18.0 Å². The summed E-state index contributed by atoms with van der Waals surface area (Å²) in [4.78, 5) is 13.6. The molecule has 1 fully saturated rings. The molecule has 1 aliphatic heterocycles. The van der Waals surface area contributed by atoms with E-state index in [0.717, 1.165) is 0 Å². The van der Waals surface area contributed by atoms with Gasteiger partial charge in [-0.25, -0.2) is 15.0 Å². The maximum absolute atomic E-state index is 7.23. The Bertz CT molecular complexity index is 1210. The van der Waals surface area contributed by atoms with Crippen LogP contribution >= 0.6 is 0 Å². The lowest BCUT2D eigenvalue weighted by Crippen LogP contribution is -2.55. The van der Waals surface area contributed by atoms with Crippen molar-refractivity contribution in [3.8, 4) is 0 Å². The molecule has 2 N–H and O–H groups in total. The van der Waals surface area contributed by atoms with Gasteiger partial charge in [0.25, 0.3) is 0 Å². The van der Waals surface area contributed by atoms with Crippen molar-refractivity contribution in [2.75, 3.05) is 5.73 Å². The van der Waals surface area contributed by atoms with Gasteiger partial charge in [0.15, 0.2) is 48.9 Å². The highest BCUT2D eigenvalue weighted by Crippen LogP contribution is 2.48. The first kappa shape index (κ1) is 33.3. The van der Waals surface area contributed by atoms with Crippen LogP contribution in [0, 0.1) is 6.92 Å². The Morgan fingerprint density at radius 2 is 1.20 bits per heavy atom. The summed E-state index contributed by atoms with van der Waals surface area (Å²) in [6, 6.07) is 0. The van der Waals surface area contributed by atoms with Crippen LogP contribution < -0.4 is 5.73 Å². The number of nitrogens with two attached hydrogens (primary N) is 1. The fraction of sp³-hybridized carbons (Fsp3) is 0.821. The molecule has 0 aliphatic carbocycles. The van der Waals surface area contributed by atoms with Crippen molar-refractivity contribution in [1.82, 2.24) is 19.5 Å². The number of fused-ring (bicyclic) bond motifs is 1. The van der Waals surface area contributed by atoms with E-state index in [9.17, 15) is 0 Å². The van der Waals surface area contributed by atoms with Gasteiger partial charge in [0, 0.05) is 0 Å². The third kappa shape index (κ3) is 6.42. The Balaban J connectivity index is 2.23. The van der Waals surface area contributed by atoms with Crippen LogP contribution in [0.5, 0.6) is 0 Å². The lowest BCUT2D eigenvalue weighted by molar-refractivity contribution is -0.129. The zero-order valence-electron chi connectivity index (χ0n) is 27.9. The highest BCUT2D eigenvalue weighted by atomic mass is 28.4. The van der Waals surface area contributed by atoms with Gasteiger partial charge in [0.1, 0.15) is 23.5 Å². The summed E-state index contributed by atoms with van der Waals surface area (Å²) >= 11 is 0. The molecule has 1 saturated heterocycles. The van der Waals surface area contributed by atoms with Gasteiger partial charge >= 0.3 is 0 Å². The van der Waals surface area contributed by atoms with Crippen molar-refractivity contribution < 1.29 is 18.0 Å². The molecule has 12 heteroatoms. The number of ether oxygens (including phenoxy) is 1. The average molecular weight is 610 g/mol. The van der Waals surface area contributed by atoms with Crippen LogP contribution in [0.25, 0.3) is 11.2 Å².